The van der Waals surface area contributed by atoms with E-state index < -0.39 is 16.4 Å². The minimum atomic E-state index is -0.705. The van der Waals surface area contributed by atoms with Gasteiger partial charge in [-0.25, -0.2) is 0 Å². The van der Waals surface area contributed by atoms with E-state index in [1.165, 1.54) is 0 Å². The fraction of sp³-hybridized carbons (Fsp3) is 0.300. The van der Waals surface area contributed by atoms with E-state index in [-0.39, 0.29) is 11.7 Å². The first-order valence-corrected chi connectivity index (χ1v) is 5.20. The highest BCUT2D eigenvalue weighted by atomic mass is 32.1. The molecule has 0 saturated carbocycles. The minimum absolute atomic E-state index is 0.145. The highest BCUT2D eigenvalue weighted by molar-refractivity contribution is 7.80. The third kappa shape index (κ3) is 3.77. The monoisotopic (exact) mass is 253 g/mol. The number of rotatable bonds is 3. The zero-order valence-corrected chi connectivity index (χ0v) is 10.1. The summed E-state index contributed by atoms with van der Waals surface area (Å²) in [5, 5.41) is 25.7. The Morgan fingerprint density at radius 3 is 2.76 bits per heavy atom. The second kappa shape index (κ2) is 5.32. The summed E-state index contributed by atoms with van der Waals surface area (Å²) in [7, 11) is 0. The third-order valence-corrected chi connectivity index (χ3v) is 1.92. The summed E-state index contributed by atoms with van der Waals surface area (Å²) >= 11 is 4.97. The molecular weight excluding hydrogens is 242 g/mol. The molecule has 1 rings (SSSR count). The van der Waals surface area contributed by atoms with Crippen molar-refractivity contribution in [2.45, 2.75) is 19.9 Å². The van der Waals surface area contributed by atoms with Crippen LogP contribution in [-0.2, 0) is 0 Å². The van der Waals surface area contributed by atoms with E-state index in [1.807, 2.05) is 13.8 Å². The lowest BCUT2D eigenvalue weighted by atomic mass is 10.3. The van der Waals surface area contributed by atoms with E-state index in [0.717, 1.165) is 6.07 Å². The largest absolute Gasteiger partial charge is 0.496 e. The van der Waals surface area contributed by atoms with Crippen LogP contribution in [0.25, 0.3) is 0 Å². The minimum Gasteiger partial charge on any atom is -0.496 e. The van der Waals surface area contributed by atoms with Crippen LogP contribution in [0, 0.1) is 22.2 Å². The number of nitrogens with zero attached hydrogens (tertiary/aromatic N) is 1. The molecule has 0 aliphatic carbocycles. The van der Waals surface area contributed by atoms with Crippen molar-refractivity contribution in [2.24, 2.45) is 0 Å². The van der Waals surface area contributed by atoms with Gasteiger partial charge >= 0.3 is 5.69 Å². The average Bonchev–Trinajstić information content (AvgIpc) is 2.19. The van der Waals surface area contributed by atoms with Crippen molar-refractivity contribution in [3.8, 4) is 5.75 Å². The topological polar surface area (TPSA) is 87.4 Å². The number of nitro groups is 1. The van der Waals surface area contributed by atoms with Crippen molar-refractivity contribution in [1.29, 1.82) is 0 Å². The molecule has 3 N–H and O–H groups in total. The van der Waals surface area contributed by atoms with Crippen LogP contribution >= 0.6 is 12.2 Å². The van der Waals surface area contributed by atoms with E-state index >= 15 is 0 Å². The molecule has 0 atom stereocenters. The predicted molar refractivity (Wildman–Crippen MR) is 66.9 cm³/mol. The molecular formula is C10H11N3O3S. The van der Waals surface area contributed by atoms with E-state index in [0.29, 0.717) is 5.11 Å². The van der Waals surface area contributed by atoms with Gasteiger partial charge in [-0.15, -0.1) is 0 Å². The number of anilines is 1. The Morgan fingerprint density at radius 2 is 2.24 bits per heavy atom. The molecule has 0 unspecified atom stereocenters. The van der Waals surface area contributed by atoms with Crippen LogP contribution in [0.3, 0.4) is 0 Å². The maximum atomic E-state index is 10.6. The normalized spacial score (nSPS) is 9.59. The molecule has 0 aromatic heterocycles. The van der Waals surface area contributed by atoms with E-state index in [2.05, 4.69) is 22.8 Å². The zero-order valence-electron chi connectivity index (χ0n) is 9.27. The lowest BCUT2D eigenvalue weighted by Crippen LogP contribution is -2.33. The Balaban J connectivity index is 2.82. The molecule has 17 heavy (non-hydrogen) atoms. The number of nitrogens with one attached hydrogen (secondary N) is 2. The summed E-state index contributed by atoms with van der Waals surface area (Å²) in [6, 6.07) is 6.05. The number of hydrogen-bond donors (Lipinski definition) is 3. The van der Waals surface area contributed by atoms with E-state index in [9.17, 15) is 15.2 Å². The van der Waals surface area contributed by atoms with E-state index in [1.54, 1.807) is 0 Å². The van der Waals surface area contributed by atoms with Crippen molar-refractivity contribution < 1.29 is 10.0 Å². The Bertz CT molecular complexity index is 448. The van der Waals surface area contributed by atoms with Gasteiger partial charge in [0.2, 0.25) is 5.75 Å². The van der Waals surface area contributed by atoms with Crippen molar-refractivity contribution in [1.82, 2.24) is 5.32 Å². The summed E-state index contributed by atoms with van der Waals surface area (Å²) in [6.07, 6.45) is 0. The van der Waals surface area contributed by atoms with Gasteiger partial charge in [-0.3, -0.25) is 10.1 Å². The summed E-state index contributed by atoms with van der Waals surface area (Å²) in [5.41, 5.74) is -0.175. The Labute approximate surface area is 104 Å². The van der Waals surface area contributed by atoms with Crippen LogP contribution in [0.2, 0.25) is 0 Å². The molecule has 0 saturated heterocycles. The maximum Gasteiger partial charge on any atom is 0.322 e. The molecule has 0 aliphatic rings. The predicted octanol–water partition coefficient (Wildman–Crippen LogP) is 1.60. The number of aromatic hydroxyl groups is 1. The Kier molecular flexibility index (Phi) is 4.06. The van der Waals surface area contributed by atoms with Crippen molar-refractivity contribution in [3.63, 3.8) is 0 Å². The summed E-state index contributed by atoms with van der Waals surface area (Å²) in [4.78, 5) is 9.87. The second-order valence-corrected chi connectivity index (χ2v) is 3.96. The van der Waals surface area contributed by atoms with Gasteiger partial charge < -0.3 is 15.7 Å². The average molecular weight is 253 g/mol. The molecule has 1 aromatic carbocycles. The highest BCUT2D eigenvalue weighted by Crippen LogP contribution is 2.24. The smallest absolute Gasteiger partial charge is 0.322 e. The van der Waals surface area contributed by atoms with Crippen molar-refractivity contribution >= 4 is 28.7 Å². The van der Waals surface area contributed by atoms with Crippen molar-refractivity contribution in [3.05, 3.63) is 28.3 Å². The summed E-state index contributed by atoms with van der Waals surface area (Å²) in [6.45, 7) is 3.81. The second-order valence-electron chi connectivity index (χ2n) is 3.55. The molecule has 0 radical (unpaired) electrons. The zero-order chi connectivity index (χ0) is 13.0. The van der Waals surface area contributed by atoms with Gasteiger partial charge in [0.15, 0.2) is 5.11 Å². The standard InChI is InChI=1S/C10H11N3O3S/c1-6(2)11-10(17)12-7-3-4-9(14)8(5-7)13(15)16/h5-6,14H,1-2H3,(H2,11,12,17). The molecule has 1 aromatic rings. The molecule has 7 heteroatoms. The van der Waals surface area contributed by atoms with Crippen LogP contribution in [0.1, 0.15) is 13.8 Å². The Hall–Kier alpha value is -2.07. The first-order chi connectivity index (χ1) is 7.90. The van der Waals surface area contributed by atoms with Crippen LogP contribution in [0.5, 0.6) is 5.75 Å². The summed E-state index contributed by atoms with van der Waals surface area (Å²) in [5.74, 6) is -0.553. The van der Waals surface area contributed by atoms with Crippen LogP contribution in [0.4, 0.5) is 11.4 Å². The lowest BCUT2D eigenvalue weighted by molar-refractivity contribution is -0.385. The summed E-state index contributed by atoms with van der Waals surface area (Å²) < 4.78 is 0. The van der Waals surface area contributed by atoms with Gasteiger partial charge in [0.25, 0.3) is 0 Å². The van der Waals surface area contributed by atoms with Gasteiger partial charge in [0.1, 0.15) is 0 Å². The molecule has 0 bridgehead atoms. The maximum absolute atomic E-state index is 10.6. The van der Waals surface area contributed by atoms with Gasteiger partial charge in [-0.1, -0.05) is 0 Å². The molecule has 0 amide bonds. The number of hydrogen-bond acceptors (Lipinski definition) is 4. The third-order valence-electron chi connectivity index (χ3n) is 1.70. The molecule has 90 valence electrons. The molecule has 0 spiro atoms. The first-order valence-electron chi connectivity index (χ1n) is 4.79. The molecule has 0 aliphatic heterocycles. The highest BCUT2D eigenvalue weighted by Gasteiger charge is 2.13. The first kappa shape index (κ1) is 13.0. The Morgan fingerprint density at radius 1 is 1.59 bits per heavy atom. The van der Waals surface area contributed by atoms with Crippen LogP contribution in [-0.4, -0.2) is 21.2 Å². The molecule has 0 heterocycles. The fourth-order valence-electron chi connectivity index (χ4n) is 1.06. The van der Waals surface area contributed by atoms with Gasteiger partial charge in [0.05, 0.1) is 16.7 Å². The van der Waals surface area contributed by atoms with Gasteiger partial charge in [-0.2, -0.15) is 0 Å². The van der Waals surface area contributed by atoms with Gasteiger partial charge in [0, 0.05) is 6.04 Å². The SMILES string of the molecule is CC(C)NC(=S)Nc1c#cc(O)c([N+](=O)[O-])c1. The quantitative estimate of drug-likeness (QED) is 0.431. The van der Waals surface area contributed by atoms with E-state index in [4.69, 9.17) is 12.2 Å². The van der Waals surface area contributed by atoms with Crippen LogP contribution in [0.15, 0.2) is 6.07 Å². The lowest BCUT2D eigenvalue weighted by Gasteiger charge is -2.11. The van der Waals surface area contributed by atoms with Gasteiger partial charge in [-0.05, 0) is 38.2 Å². The molecule has 0 fully saturated rings. The van der Waals surface area contributed by atoms with Crippen LogP contribution < -0.4 is 10.6 Å². The molecule has 6 nitrogen and oxygen atoms in total. The number of thiocarbonyl (C=S) groups is 1. The van der Waals surface area contributed by atoms with Crippen molar-refractivity contribution in [2.75, 3.05) is 5.32 Å². The fourth-order valence-corrected chi connectivity index (χ4v) is 1.40.